The van der Waals surface area contributed by atoms with E-state index in [0.717, 1.165) is 5.56 Å². The molecule has 34 heavy (non-hydrogen) atoms. The zero-order chi connectivity index (χ0) is 24.7. The van der Waals surface area contributed by atoms with E-state index in [4.69, 9.17) is 28.9 Å². The molecule has 2 aromatic heterocycles. The number of nitrogens with zero attached hydrogens (tertiary/aromatic N) is 3. The van der Waals surface area contributed by atoms with Crippen LogP contribution in [0.2, 0.25) is 10.0 Å². The van der Waals surface area contributed by atoms with Gasteiger partial charge in [-0.25, -0.2) is 14.5 Å². The Hall–Kier alpha value is -3.40. The van der Waals surface area contributed by atoms with Crippen LogP contribution in [0.1, 0.15) is 19.4 Å². The molecule has 0 atom stereocenters. The molecule has 0 fully saturated rings. The zero-order valence-corrected chi connectivity index (χ0v) is 20.7. The predicted molar refractivity (Wildman–Crippen MR) is 138 cm³/mol. The van der Waals surface area contributed by atoms with E-state index in [2.05, 4.69) is 20.7 Å². The molecule has 11 heteroatoms. The monoisotopic (exact) mass is 516 g/mol. The fourth-order valence-corrected chi connectivity index (χ4v) is 3.89. The number of carbonyl (C=O) groups is 2. The van der Waals surface area contributed by atoms with Gasteiger partial charge in [-0.15, -0.1) is 11.3 Å². The predicted octanol–water partition coefficient (Wildman–Crippen LogP) is 6.00. The van der Waals surface area contributed by atoms with Crippen LogP contribution in [0.15, 0.2) is 59.4 Å². The summed E-state index contributed by atoms with van der Waals surface area (Å²) in [6, 6.07) is 13.3. The number of urea groups is 1. The molecule has 2 aromatic carbocycles. The molecule has 0 aliphatic carbocycles. The molecule has 0 radical (unpaired) electrons. The summed E-state index contributed by atoms with van der Waals surface area (Å²) in [5.74, 6) is -0.0539. The van der Waals surface area contributed by atoms with Crippen molar-refractivity contribution in [3.63, 3.8) is 0 Å². The summed E-state index contributed by atoms with van der Waals surface area (Å²) in [5.41, 5.74) is 9.99. The van der Waals surface area contributed by atoms with Crippen LogP contribution in [0.3, 0.4) is 0 Å². The highest BCUT2D eigenvalue weighted by atomic mass is 35.5. The van der Waals surface area contributed by atoms with E-state index in [0.29, 0.717) is 33.6 Å². The van der Waals surface area contributed by atoms with Crippen molar-refractivity contribution in [3.8, 4) is 17.1 Å². The minimum atomic E-state index is -0.534. The summed E-state index contributed by atoms with van der Waals surface area (Å²) >= 11 is 13.6. The second-order valence-corrected chi connectivity index (χ2v) is 8.20. The van der Waals surface area contributed by atoms with E-state index < -0.39 is 11.9 Å². The number of hydrogen-bond donors (Lipinski definition) is 3. The Morgan fingerprint density at radius 2 is 1.82 bits per heavy atom. The third-order valence-corrected chi connectivity index (χ3v) is 5.78. The van der Waals surface area contributed by atoms with Gasteiger partial charge in [0.05, 0.1) is 33.4 Å². The van der Waals surface area contributed by atoms with Crippen LogP contribution in [0.4, 0.5) is 16.3 Å². The molecule has 0 aliphatic rings. The average Bonchev–Trinajstić information content (AvgIpc) is 3.48. The zero-order valence-electron chi connectivity index (χ0n) is 18.4. The first-order valence-corrected chi connectivity index (χ1v) is 12.0. The molecular formula is C23H22Cl2N6O2S. The van der Waals surface area contributed by atoms with E-state index in [9.17, 15) is 9.59 Å². The highest BCUT2D eigenvalue weighted by Crippen LogP contribution is 2.30. The highest BCUT2D eigenvalue weighted by Gasteiger charge is 2.16. The van der Waals surface area contributed by atoms with Gasteiger partial charge >= 0.3 is 6.03 Å². The van der Waals surface area contributed by atoms with Gasteiger partial charge in [0.15, 0.2) is 0 Å². The van der Waals surface area contributed by atoms with Crippen molar-refractivity contribution in [3.05, 3.63) is 75.0 Å². The SMILES string of the molecule is CC.NC(=O)Cc1cccc(-n2nc(-c3cscn3)cc2NC(=O)Nc2cccc(Cl)c2Cl)c1. The van der Waals surface area contributed by atoms with Crippen LogP contribution < -0.4 is 16.4 Å². The Morgan fingerprint density at radius 3 is 2.53 bits per heavy atom. The van der Waals surface area contributed by atoms with E-state index in [-0.39, 0.29) is 11.4 Å². The van der Waals surface area contributed by atoms with E-state index >= 15 is 0 Å². The number of nitrogens with two attached hydrogens (primary N) is 1. The quantitative estimate of drug-likeness (QED) is 0.291. The number of halogens is 2. The van der Waals surface area contributed by atoms with E-state index in [1.807, 2.05) is 19.2 Å². The van der Waals surface area contributed by atoms with E-state index in [1.165, 1.54) is 11.3 Å². The minimum Gasteiger partial charge on any atom is -0.369 e. The lowest BCUT2D eigenvalue weighted by Crippen LogP contribution is -2.21. The lowest BCUT2D eigenvalue weighted by Gasteiger charge is -2.12. The Kier molecular flexibility index (Phi) is 8.64. The molecular weight excluding hydrogens is 495 g/mol. The van der Waals surface area contributed by atoms with Crippen LogP contribution in [0.25, 0.3) is 17.1 Å². The molecule has 4 N–H and O–H groups in total. The van der Waals surface area contributed by atoms with Crippen molar-refractivity contribution >= 4 is 58.0 Å². The van der Waals surface area contributed by atoms with Gasteiger partial charge in [-0.3, -0.25) is 10.1 Å². The molecule has 0 unspecified atom stereocenters. The smallest absolute Gasteiger partial charge is 0.324 e. The maximum absolute atomic E-state index is 12.7. The third-order valence-electron chi connectivity index (χ3n) is 4.38. The van der Waals surface area contributed by atoms with Gasteiger partial charge in [0.1, 0.15) is 17.2 Å². The molecule has 3 amide bonds. The first kappa shape index (κ1) is 25.2. The minimum absolute atomic E-state index is 0.0879. The van der Waals surface area contributed by atoms with Crippen LogP contribution in [0.5, 0.6) is 0 Å². The fraction of sp³-hybridized carbons (Fsp3) is 0.130. The molecule has 0 bridgehead atoms. The number of thiazole rings is 1. The second-order valence-electron chi connectivity index (χ2n) is 6.69. The number of carbonyl (C=O) groups excluding carboxylic acids is 2. The third kappa shape index (κ3) is 6.13. The number of nitrogens with one attached hydrogen (secondary N) is 2. The molecule has 0 saturated carbocycles. The standard InChI is InChI=1S/C21H16Cl2N6O2S.C2H6/c22-14-5-2-6-15(20(14)23)26-21(31)27-19-9-16(17-10-32-11-25-17)28-29(19)13-4-1-3-12(7-13)8-18(24)30;1-2/h1-7,9-11H,8H2,(H2,24,30)(H2,26,27,31);1-2H3. The maximum Gasteiger partial charge on any atom is 0.324 e. The number of anilines is 2. The summed E-state index contributed by atoms with van der Waals surface area (Å²) < 4.78 is 1.55. The van der Waals surface area contributed by atoms with Crippen molar-refractivity contribution in [2.24, 2.45) is 5.73 Å². The Bertz CT molecular complexity index is 1290. The van der Waals surface area contributed by atoms with Crippen LogP contribution >= 0.6 is 34.5 Å². The molecule has 0 spiro atoms. The number of rotatable bonds is 6. The van der Waals surface area contributed by atoms with Crippen LogP contribution in [0, 0.1) is 0 Å². The van der Waals surface area contributed by atoms with Gasteiger partial charge in [0.25, 0.3) is 0 Å². The summed E-state index contributed by atoms with van der Waals surface area (Å²) in [6.07, 6.45) is 0.0879. The molecule has 176 valence electrons. The number of benzene rings is 2. The van der Waals surface area contributed by atoms with Gasteiger partial charge < -0.3 is 11.1 Å². The summed E-state index contributed by atoms with van der Waals surface area (Å²) in [6.45, 7) is 4.00. The largest absolute Gasteiger partial charge is 0.369 e. The number of primary amides is 1. The summed E-state index contributed by atoms with van der Waals surface area (Å²) in [7, 11) is 0. The number of amides is 3. The van der Waals surface area contributed by atoms with Crippen LogP contribution in [-0.2, 0) is 11.2 Å². The lowest BCUT2D eigenvalue weighted by molar-refractivity contribution is -0.117. The van der Waals surface area contributed by atoms with Crippen molar-refractivity contribution in [2.75, 3.05) is 10.6 Å². The molecule has 0 saturated heterocycles. The molecule has 8 nitrogen and oxygen atoms in total. The first-order chi connectivity index (χ1) is 16.4. The highest BCUT2D eigenvalue weighted by molar-refractivity contribution is 7.07. The van der Waals surface area contributed by atoms with Gasteiger partial charge in [0, 0.05) is 11.4 Å². The Labute approximate surface area is 210 Å². The molecule has 4 rings (SSSR count). The van der Waals surface area contributed by atoms with Crippen molar-refractivity contribution in [2.45, 2.75) is 20.3 Å². The lowest BCUT2D eigenvalue weighted by atomic mass is 10.1. The molecule has 2 heterocycles. The van der Waals surface area contributed by atoms with Crippen molar-refractivity contribution in [1.82, 2.24) is 14.8 Å². The first-order valence-electron chi connectivity index (χ1n) is 10.3. The second kappa shape index (κ2) is 11.6. The number of hydrogen-bond acceptors (Lipinski definition) is 5. The van der Waals surface area contributed by atoms with Gasteiger partial charge in [-0.1, -0.05) is 55.2 Å². The summed E-state index contributed by atoms with van der Waals surface area (Å²) in [4.78, 5) is 28.3. The Morgan fingerprint density at radius 1 is 1.06 bits per heavy atom. The molecule has 4 aromatic rings. The molecule has 0 aliphatic heterocycles. The summed E-state index contributed by atoms with van der Waals surface area (Å²) in [5, 5.41) is 12.5. The maximum atomic E-state index is 12.7. The Balaban J connectivity index is 0.00000158. The number of aromatic nitrogens is 3. The van der Waals surface area contributed by atoms with Crippen molar-refractivity contribution < 1.29 is 9.59 Å². The van der Waals surface area contributed by atoms with Gasteiger partial charge in [0.2, 0.25) is 5.91 Å². The normalized spacial score (nSPS) is 10.2. The fourth-order valence-electron chi connectivity index (χ4n) is 3.00. The van der Waals surface area contributed by atoms with Crippen molar-refractivity contribution in [1.29, 1.82) is 0 Å². The topological polar surface area (TPSA) is 115 Å². The van der Waals surface area contributed by atoms with Gasteiger partial charge in [-0.2, -0.15) is 5.10 Å². The van der Waals surface area contributed by atoms with Crippen LogP contribution in [-0.4, -0.2) is 26.7 Å². The van der Waals surface area contributed by atoms with Gasteiger partial charge in [-0.05, 0) is 29.8 Å². The van der Waals surface area contributed by atoms with E-state index in [1.54, 1.807) is 58.7 Å². The average molecular weight is 517 g/mol.